The highest BCUT2D eigenvalue weighted by molar-refractivity contribution is 5.95. The molecule has 0 bridgehead atoms. The lowest BCUT2D eigenvalue weighted by molar-refractivity contribution is -0.111. The molecular formula is C17H24N2O2. The quantitative estimate of drug-likeness (QED) is 0.895. The number of amides is 1. The Bertz CT molecular complexity index is 554. The molecule has 1 aliphatic carbocycles. The zero-order valence-corrected chi connectivity index (χ0v) is 13.0. The number of hydrogen-bond acceptors (Lipinski definition) is 3. The number of benzene rings is 1. The first-order chi connectivity index (χ1) is 10.0. The predicted molar refractivity (Wildman–Crippen MR) is 83.7 cm³/mol. The second kappa shape index (κ2) is 5.34. The molecule has 0 radical (unpaired) electrons. The fourth-order valence-corrected chi connectivity index (χ4v) is 3.29. The largest absolute Gasteiger partial charge is 0.384 e. The van der Waals surface area contributed by atoms with Crippen LogP contribution >= 0.6 is 0 Å². The minimum atomic E-state index is 0.000643. The highest BCUT2D eigenvalue weighted by Gasteiger charge is 2.49. The van der Waals surface area contributed by atoms with Crippen LogP contribution in [0.4, 0.5) is 5.69 Å². The van der Waals surface area contributed by atoms with Gasteiger partial charge in [0.1, 0.15) is 0 Å². The summed E-state index contributed by atoms with van der Waals surface area (Å²) in [6, 6.07) is 6.12. The first-order valence-electron chi connectivity index (χ1n) is 7.81. The fourth-order valence-electron chi connectivity index (χ4n) is 3.29. The van der Waals surface area contributed by atoms with Crippen molar-refractivity contribution in [2.75, 3.05) is 18.5 Å². The summed E-state index contributed by atoms with van der Waals surface area (Å²) in [5.41, 5.74) is 3.13. The molecule has 0 aromatic heterocycles. The third kappa shape index (κ3) is 2.53. The lowest BCUT2D eigenvalue weighted by Gasteiger charge is -2.51. The van der Waals surface area contributed by atoms with Crippen LogP contribution in [0.2, 0.25) is 0 Å². The van der Waals surface area contributed by atoms with E-state index in [2.05, 4.69) is 30.5 Å². The van der Waals surface area contributed by atoms with E-state index in [0.29, 0.717) is 0 Å². The lowest BCUT2D eigenvalue weighted by Crippen LogP contribution is -2.62. The molecule has 2 aliphatic rings. The SMILES string of the molecule is CCOC1CC(NC(=O)c2ccc3c(c2)NCC3)C1(C)C. The van der Waals surface area contributed by atoms with Crippen LogP contribution in [-0.4, -0.2) is 31.2 Å². The van der Waals surface area contributed by atoms with Crippen LogP contribution in [0.25, 0.3) is 0 Å². The second-order valence-electron chi connectivity index (χ2n) is 6.58. The van der Waals surface area contributed by atoms with Crippen molar-refractivity contribution < 1.29 is 9.53 Å². The number of hydrogen-bond donors (Lipinski definition) is 2. The van der Waals surface area contributed by atoms with Crippen LogP contribution in [0, 0.1) is 5.41 Å². The highest BCUT2D eigenvalue weighted by atomic mass is 16.5. The molecular weight excluding hydrogens is 264 g/mol. The lowest BCUT2D eigenvalue weighted by atomic mass is 9.64. The number of ether oxygens (including phenoxy) is 1. The summed E-state index contributed by atoms with van der Waals surface area (Å²) in [6.07, 6.45) is 2.19. The van der Waals surface area contributed by atoms with Gasteiger partial charge in [0.25, 0.3) is 5.91 Å². The van der Waals surface area contributed by atoms with Crippen LogP contribution in [0.15, 0.2) is 18.2 Å². The molecule has 1 aromatic rings. The molecule has 114 valence electrons. The maximum absolute atomic E-state index is 12.4. The van der Waals surface area contributed by atoms with E-state index in [1.807, 2.05) is 19.1 Å². The van der Waals surface area contributed by atoms with E-state index in [0.717, 1.165) is 37.2 Å². The summed E-state index contributed by atoms with van der Waals surface area (Å²) in [5, 5.41) is 6.47. The van der Waals surface area contributed by atoms with E-state index in [1.54, 1.807) is 0 Å². The first kappa shape index (κ1) is 14.4. The van der Waals surface area contributed by atoms with Gasteiger partial charge in [-0.3, -0.25) is 4.79 Å². The van der Waals surface area contributed by atoms with Crippen LogP contribution in [0.1, 0.15) is 43.1 Å². The predicted octanol–water partition coefficient (Wildman–Crippen LogP) is 2.59. The van der Waals surface area contributed by atoms with Crippen molar-refractivity contribution in [1.29, 1.82) is 0 Å². The number of carbonyl (C=O) groups is 1. The molecule has 1 saturated carbocycles. The third-order valence-corrected chi connectivity index (χ3v) is 4.93. The Hall–Kier alpha value is -1.55. The second-order valence-corrected chi connectivity index (χ2v) is 6.58. The Labute approximate surface area is 126 Å². The van der Waals surface area contributed by atoms with Gasteiger partial charge in [0.2, 0.25) is 0 Å². The van der Waals surface area contributed by atoms with Gasteiger partial charge >= 0.3 is 0 Å². The van der Waals surface area contributed by atoms with Gasteiger partial charge in [-0.1, -0.05) is 19.9 Å². The van der Waals surface area contributed by atoms with Crippen LogP contribution in [0.3, 0.4) is 0 Å². The summed E-state index contributed by atoms with van der Waals surface area (Å²) in [7, 11) is 0. The molecule has 3 rings (SSSR count). The molecule has 1 heterocycles. The van der Waals surface area contributed by atoms with Crippen molar-refractivity contribution in [2.24, 2.45) is 5.41 Å². The van der Waals surface area contributed by atoms with Gasteiger partial charge in [-0.25, -0.2) is 0 Å². The van der Waals surface area contributed by atoms with Gasteiger partial charge in [-0.05, 0) is 37.5 Å². The van der Waals surface area contributed by atoms with E-state index < -0.39 is 0 Å². The molecule has 4 nitrogen and oxygen atoms in total. The van der Waals surface area contributed by atoms with Crippen molar-refractivity contribution in [2.45, 2.75) is 45.8 Å². The van der Waals surface area contributed by atoms with E-state index in [9.17, 15) is 4.79 Å². The number of carbonyl (C=O) groups excluding carboxylic acids is 1. The molecule has 4 heteroatoms. The summed E-state index contributed by atoms with van der Waals surface area (Å²) in [6.45, 7) is 8.02. The van der Waals surface area contributed by atoms with Crippen molar-refractivity contribution in [1.82, 2.24) is 5.32 Å². The summed E-state index contributed by atoms with van der Waals surface area (Å²) >= 11 is 0. The minimum absolute atomic E-state index is 0.000643. The summed E-state index contributed by atoms with van der Waals surface area (Å²) < 4.78 is 5.71. The molecule has 1 aliphatic heterocycles. The Morgan fingerprint density at radius 1 is 1.48 bits per heavy atom. The van der Waals surface area contributed by atoms with Crippen molar-refractivity contribution in [3.63, 3.8) is 0 Å². The smallest absolute Gasteiger partial charge is 0.251 e. The van der Waals surface area contributed by atoms with Gasteiger partial charge < -0.3 is 15.4 Å². The summed E-state index contributed by atoms with van der Waals surface area (Å²) in [4.78, 5) is 12.4. The molecule has 21 heavy (non-hydrogen) atoms. The molecule has 0 saturated heterocycles. The van der Waals surface area contributed by atoms with Gasteiger partial charge in [-0.2, -0.15) is 0 Å². The van der Waals surface area contributed by atoms with E-state index in [1.165, 1.54) is 5.56 Å². The van der Waals surface area contributed by atoms with Gasteiger partial charge in [-0.15, -0.1) is 0 Å². The van der Waals surface area contributed by atoms with E-state index in [4.69, 9.17) is 4.74 Å². The molecule has 2 unspecified atom stereocenters. The maximum atomic E-state index is 12.4. The number of fused-ring (bicyclic) bond motifs is 1. The topological polar surface area (TPSA) is 50.4 Å². The number of anilines is 1. The molecule has 0 spiro atoms. The normalized spacial score (nSPS) is 25.7. The Kier molecular flexibility index (Phi) is 3.66. The van der Waals surface area contributed by atoms with Gasteiger partial charge in [0, 0.05) is 35.9 Å². The first-order valence-corrected chi connectivity index (χ1v) is 7.81. The average Bonchev–Trinajstić information content (AvgIpc) is 2.93. The zero-order valence-electron chi connectivity index (χ0n) is 13.0. The summed E-state index contributed by atoms with van der Waals surface area (Å²) in [5.74, 6) is 0.0134. The Morgan fingerprint density at radius 3 is 3.00 bits per heavy atom. The van der Waals surface area contributed by atoms with Crippen LogP contribution in [0.5, 0.6) is 0 Å². The van der Waals surface area contributed by atoms with Gasteiger partial charge in [0.15, 0.2) is 0 Å². The van der Waals surface area contributed by atoms with Crippen LogP contribution in [-0.2, 0) is 11.2 Å². The standard InChI is InChI=1S/C17H24N2O2/c1-4-21-15-10-14(17(15,2)3)19-16(20)12-6-5-11-7-8-18-13(11)9-12/h5-6,9,14-15,18H,4,7-8,10H2,1-3H3,(H,19,20). The average molecular weight is 288 g/mol. The molecule has 2 N–H and O–H groups in total. The zero-order chi connectivity index (χ0) is 15.0. The number of nitrogens with one attached hydrogen (secondary N) is 2. The maximum Gasteiger partial charge on any atom is 0.251 e. The van der Waals surface area contributed by atoms with Crippen LogP contribution < -0.4 is 10.6 Å². The van der Waals surface area contributed by atoms with Gasteiger partial charge in [0.05, 0.1) is 6.10 Å². The van der Waals surface area contributed by atoms with E-state index >= 15 is 0 Å². The molecule has 1 aromatic carbocycles. The third-order valence-electron chi connectivity index (χ3n) is 4.93. The minimum Gasteiger partial charge on any atom is -0.384 e. The van der Waals surface area contributed by atoms with E-state index in [-0.39, 0.29) is 23.5 Å². The molecule has 2 atom stereocenters. The molecule has 1 amide bonds. The Balaban J connectivity index is 1.65. The Morgan fingerprint density at radius 2 is 2.29 bits per heavy atom. The fraction of sp³-hybridized carbons (Fsp3) is 0.588. The molecule has 1 fully saturated rings. The van der Waals surface area contributed by atoms with Crippen molar-refractivity contribution in [3.8, 4) is 0 Å². The monoisotopic (exact) mass is 288 g/mol. The van der Waals surface area contributed by atoms with Crippen molar-refractivity contribution >= 4 is 11.6 Å². The number of rotatable bonds is 4. The highest BCUT2D eigenvalue weighted by Crippen LogP contribution is 2.42. The van der Waals surface area contributed by atoms with Crippen molar-refractivity contribution in [3.05, 3.63) is 29.3 Å².